The fourth-order valence-electron chi connectivity index (χ4n) is 2.02. The Hall–Kier alpha value is -2.50. The Morgan fingerprint density at radius 2 is 2.14 bits per heavy atom. The van der Waals surface area contributed by atoms with Crippen molar-refractivity contribution in [1.29, 1.82) is 0 Å². The molecule has 0 atom stereocenters. The number of hydrogen-bond donors (Lipinski definition) is 1. The first-order valence-electron chi connectivity index (χ1n) is 7.15. The number of carbonyl (C=O) groups is 1. The van der Waals surface area contributed by atoms with Crippen molar-refractivity contribution in [2.45, 2.75) is 26.3 Å². The van der Waals surface area contributed by atoms with E-state index in [1.54, 1.807) is 18.2 Å². The molecule has 1 aromatic carbocycles. The summed E-state index contributed by atoms with van der Waals surface area (Å²) in [7, 11) is 0. The van der Waals surface area contributed by atoms with Crippen LogP contribution in [-0.2, 0) is 24.2 Å². The summed E-state index contributed by atoms with van der Waals surface area (Å²) in [6.07, 6.45) is 2.16. The summed E-state index contributed by atoms with van der Waals surface area (Å²) in [6, 6.07) is 7.65. The summed E-state index contributed by atoms with van der Waals surface area (Å²) in [4.78, 5) is 27.7. The van der Waals surface area contributed by atoms with Gasteiger partial charge in [0.05, 0.1) is 12.7 Å². The van der Waals surface area contributed by atoms with E-state index in [9.17, 15) is 14.0 Å². The zero-order valence-corrected chi connectivity index (χ0v) is 12.4. The molecule has 0 aliphatic carbocycles. The number of nitrogens with zero attached hydrogens (tertiary/aromatic N) is 2. The lowest BCUT2D eigenvalue weighted by molar-refractivity contribution is -0.120. The molecule has 1 aromatic heterocycles. The Kier molecular flexibility index (Phi) is 5.41. The predicted molar refractivity (Wildman–Crippen MR) is 81.0 cm³/mol. The van der Waals surface area contributed by atoms with Crippen LogP contribution in [0.1, 0.15) is 18.2 Å². The van der Waals surface area contributed by atoms with Crippen LogP contribution in [-0.4, -0.2) is 22.0 Å². The van der Waals surface area contributed by atoms with Gasteiger partial charge < -0.3 is 5.32 Å². The van der Waals surface area contributed by atoms with Gasteiger partial charge in [-0.25, -0.2) is 9.37 Å². The third kappa shape index (κ3) is 4.25. The Morgan fingerprint density at radius 3 is 2.82 bits per heavy atom. The second kappa shape index (κ2) is 7.49. The van der Waals surface area contributed by atoms with E-state index in [1.165, 1.54) is 23.0 Å². The molecule has 22 heavy (non-hydrogen) atoms. The Morgan fingerprint density at radius 1 is 1.36 bits per heavy atom. The quantitative estimate of drug-likeness (QED) is 0.875. The van der Waals surface area contributed by atoms with E-state index in [0.717, 1.165) is 5.69 Å². The van der Waals surface area contributed by atoms with E-state index >= 15 is 0 Å². The van der Waals surface area contributed by atoms with Crippen molar-refractivity contribution in [3.63, 3.8) is 0 Å². The highest BCUT2D eigenvalue weighted by molar-refractivity contribution is 5.78. The molecular weight excluding hydrogens is 285 g/mol. The molecule has 0 radical (unpaired) electrons. The molecule has 0 saturated carbocycles. The Bertz CT molecular complexity index is 713. The van der Waals surface area contributed by atoms with E-state index < -0.39 is 5.82 Å². The molecule has 0 unspecified atom stereocenters. The average Bonchev–Trinajstić information content (AvgIpc) is 2.51. The van der Waals surface area contributed by atoms with E-state index in [1.807, 2.05) is 6.92 Å². The molecule has 116 valence electrons. The van der Waals surface area contributed by atoms with Crippen molar-refractivity contribution in [2.24, 2.45) is 0 Å². The number of rotatable bonds is 6. The Labute approximate surface area is 127 Å². The second-order valence-corrected chi connectivity index (χ2v) is 4.88. The van der Waals surface area contributed by atoms with Crippen molar-refractivity contribution in [2.75, 3.05) is 6.54 Å². The van der Waals surface area contributed by atoms with Crippen molar-refractivity contribution in [1.82, 2.24) is 14.9 Å². The van der Waals surface area contributed by atoms with Crippen LogP contribution in [0.3, 0.4) is 0 Å². The maximum atomic E-state index is 13.4. The van der Waals surface area contributed by atoms with Gasteiger partial charge in [-0.2, -0.15) is 0 Å². The SMILES string of the molecule is CCc1cc(=O)n(CCNC(=O)Cc2ccccc2F)cn1. The van der Waals surface area contributed by atoms with Crippen LogP contribution in [0.5, 0.6) is 0 Å². The smallest absolute Gasteiger partial charge is 0.253 e. The largest absolute Gasteiger partial charge is 0.354 e. The zero-order valence-electron chi connectivity index (χ0n) is 12.4. The highest BCUT2D eigenvalue weighted by Crippen LogP contribution is 2.06. The molecule has 0 spiro atoms. The lowest BCUT2D eigenvalue weighted by atomic mass is 10.1. The highest BCUT2D eigenvalue weighted by Gasteiger charge is 2.07. The number of carbonyl (C=O) groups excluding carboxylic acids is 1. The minimum atomic E-state index is -0.395. The van der Waals surface area contributed by atoms with Gasteiger partial charge in [0.1, 0.15) is 5.82 Å². The first kappa shape index (κ1) is 15.9. The average molecular weight is 303 g/mol. The van der Waals surface area contributed by atoms with Gasteiger partial charge in [-0.15, -0.1) is 0 Å². The van der Waals surface area contributed by atoms with Gasteiger partial charge >= 0.3 is 0 Å². The van der Waals surface area contributed by atoms with Gasteiger partial charge in [-0.1, -0.05) is 25.1 Å². The molecule has 2 aromatic rings. The molecule has 0 aliphatic heterocycles. The summed E-state index contributed by atoms with van der Waals surface area (Å²) < 4.78 is 14.9. The molecule has 1 N–H and O–H groups in total. The molecule has 0 bridgehead atoms. The van der Waals surface area contributed by atoms with Crippen molar-refractivity contribution in [3.8, 4) is 0 Å². The van der Waals surface area contributed by atoms with E-state index in [4.69, 9.17) is 0 Å². The molecule has 1 amide bonds. The normalized spacial score (nSPS) is 10.5. The zero-order chi connectivity index (χ0) is 15.9. The number of halogens is 1. The molecule has 0 saturated heterocycles. The van der Waals surface area contributed by atoms with Crippen molar-refractivity contribution < 1.29 is 9.18 Å². The number of amides is 1. The summed E-state index contributed by atoms with van der Waals surface area (Å²) in [5, 5.41) is 2.67. The topological polar surface area (TPSA) is 64.0 Å². The van der Waals surface area contributed by atoms with Gasteiger partial charge in [0.25, 0.3) is 5.56 Å². The number of hydrogen-bond acceptors (Lipinski definition) is 3. The molecule has 2 rings (SSSR count). The molecule has 1 heterocycles. The fourth-order valence-corrected chi connectivity index (χ4v) is 2.02. The lowest BCUT2D eigenvalue weighted by Crippen LogP contribution is -2.32. The van der Waals surface area contributed by atoms with Crippen LogP contribution >= 0.6 is 0 Å². The van der Waals surface area contributed by atoms with Crippen LogP contribution in [0.25, 0.3) is 0 Å². The molecule has 5 nitrogen and oxygen atoms in total. The third-order valence-electron chi connectivity index (χ3n) is 3.28. The Balaban J connectivity index is 1.85. The van der Waals surface area contributed by atoms with Crippen molar-refractivity contribution >= 4 is 5.91 Å². The second-order valence-electron chi connectivity index (χ2n) is 4.88. The molecular formula is C16H18FN3O2. The number of aryl methyl sites for hydroxylation is 1. The first-order chi connectivity index (χ1) is 10.6. The van der Waals surface area contributed by atoms with Gasteiger partial charge in [0.2, 0.25) is 5.91 Å². The maximum absolute atomic E-state index is 13.4. The molecule has 0 fully saturated rings. The number of benzene rings is 1. The minimum Gasteiger partial charge on any atom is -0.354 e. The van der Waals surface area contributed by atoms with Gasteiger partial charge in [-0.05, 0) is 18.1 Å². The van der Waals surface area contributed by atoms with E-state index in [-0.39, 0.29) is 17.9 Å². The van der Waals surface area contributed by atoms with Gasteiger partial charge in [0.15, 0.2) is 0 Å². The fraction of sp³-hybridized carbons (Fsp3) is 0.312. The molecule has 6 heteroatoms. The van der Waals surface area contributed by atoms with Crippen LogP contribution in [0.4, 0.5) is 4.39 Å². The summed E-state index contributed by atoms with van der Waals surface area (Å²) >= 11 is 0. The predicted octanol–water partition coefficient (Wildman–Crippen LogP) is 1.30. The highest BCUT2D eigenvalue weighted by atomic mass is 19.1. The number of nitrogens with one attached hydrogen (secondary N) is 1. The van der Waals surface area contributed by atoms with Crippen LogP contribution < -0.4 is 10.9 Å². The third-order valence-corrected chi connectivity index (χ3v) is 3.28. The monoisotopic (exact) mass is 303 g/mol. The lowest BCUT2D eigenvalue weighted by Gasteiger charge is -2.08. The van der Waals surface area contributed by atoms with Crippen molar-refractivity contribution in [3.05, 3.63) is 64.1 Å². The standard InChI is InChI=1S/C16H18FN3O2/c1-2-13-10-16(22)20(11-19-13)8-7-18-15(21)9-12-5-3-4-6-14(12)17/h3-6,10-11H,2,7-9H2,1H3,(H,18,21). The van der Waals surface area contributed by atoms with Crippen LogP contribution in [0, 0.1) is 5.82 Å². The summed E-state index contributed by atoms with van der Waals surface area (Å²) in [5.74, 6) is -0.676. The van der Waals surface area contributed by atoms with Gasteiger partial charge in [-0.3, -0.25) is 14.2 Å². The summed E-state index contributed by atoms with van der Waals surface area (Å²) in [5.41, 5.74) is 0.950. The van der Waals surface area contributed by atoms with Gasteiger partial charge in [0, 0.05) is 24.8 Å². The first-order valence-corrected chi connectivity index (χ1v) is 7.15. The van der Waals surface area contributed by atoms with Crippen LogP contribution in [0.15, 0.2) is 41.5 Å². The van der Waals surface area contributed by atoms with Crippen LogP contribution in [0.2, 0.25) is 0 Å². The summed E-state index contributed by atoms with van der Waals surface area (Å²) in [6.45, 7) is 2.55. The maximum Gasteiger partial charge on any atom is 0.253 e. The van der Waals surface area contributed by atoms with E-state index in [0.29, 0.717) is 25.1 Å². The molecule has 0 aliphatic rings. The van der Waals surface area contributed by atoms with E-state index in [2.05, 4.69) is 10.3 Å². The number of aromatic nitrogens is 2. The minimum absolute atomic E-state index is 0.0193.